The zero-order chi connectivity index (χ0) is 13.2. The molecule has 4 heteroatoms. The Morgan fingerprint density at radius 2 is 2.05 bits per heavy atom. The average Bonchev–Trinajstić information content (AvgIpc) is 3.04. The fourth-order valence-electron chi connectivity index (χ4n) is 2.36. The third kappa shape index (κ3) is 2.68. The fraction of sp³-hybridized carbons (Fsp3) is 0.267. The van der Waals surface area contributed by atoms with Crippen LogP contribution in [0.3, 0.4) is 0 Å². The van der Waals surface area contributed by atoms with Crippen molar-refractivity contribution in [1.29, 1.82) is 0 Å². The SMILES string of the molecule is O=C(O)c1ccc(CSc2ccc3c(c2)CCC3)o1. The van der Waals surface area contributed by atoms with E-state index in [4.69, 9.17) is 9.52 Å². The Labute approximate surface area is 115 Å². The largest absolute Gasteiger partial charge is 0.475 e. The number of thioether (sulfide) groups is 1. The van der Waals surface area contributed by atoms with Crippen molar-refractivity contribution < 1.29 is 14.3 Å². The van der Waals surface area contributed by atoms with Gasteiger partial charge in [0.1, 0.15) is 5.76 Å². The molecule has 1 aliphatic carbocycles. The van der Waals surface area contributed by atoms with Gasteiger partial charge in [0, 0.05) is 4.90 Å². The highest BCUT2D eigenvalue weighted by molar-refractivity contribution is 7.98. The summed E-state index contributed by atoms with van der Waals surface area (Å²) in [6.07, 6.45) is 3.62. The van der Waals surface area contributed by atoms with Crippen LogP contribution in [0, 0.1) is 0 Å². The number of carbonyl (C=O) groups is 1. The molecule has 0 unspecified atom stereocenters. The topological polar surface area (TPSA) is 50.4 Å². The highest BCUT2D eigenvalue weighted by atomic mass is 32.2. The number of hydrogen-bond acceptors (Lipinski definition) is 3. The number of carboxylic acid groups (broad SMARTS) is 1. The van der Waals surface area contributed by atoms with Crippen molar-refractivity contribution in [3.63, 3.8) is 0 Å². The summed E-state index contributed by atoms with van der Waals surface area (Å²) >= 11 is 1.68. The van der Waals surface area contributed by atoms with E-state index < -0.39 is 5.97 Å². The van der Waals surface area contributed by atoms with E-state index in [0.29, 0.717) is 11.5 Å². The number of benzene rings is 1. The molecule has 0 fully saturated rings. The van der Waals surface area contributed by atoms with Crippen molar-refractivity contribution in [2.75, 3.05) is 0 Å². The first-order chi connectivity index (χ1) is 9.22. The lowest BCUT2D eigenvalue weighted by molar-refractivity contribution is 0.0661. The van der Waals surface area contributed by atoms with Crippen LogP contribution in [-0.4, -0.2) is 11.1 Å². The maximum Gasteiger partial charge on any atom is 0.371 e. The minimum absolute atomic E-state index is 0.00422. The summed E-state index contributed by atoms with van der Waals surface area (Å²) in [7, 11) is 0. The van der Waals surface area contributed by atoms with Crippen molar-refractivity contribution in [2.24, 2.45) is 0 Å². The van der Waals surface area contributed by atoms with Gasteiger partial charge in [-0.2, -0.15) is 0 Å². The minimum Gasteiger partial charge on any atom is -0.475 e. The Balaban J connectivity index is 1.67. The summed E-state index contributed by atoms with van der Waals surface area (Å²) in [5, 5.41) is 8.79. The van der Waals surface area contributed by atoms with Gasteiger partial charge in [-0.3, -0.25) is 0 Å². The van der Waals surface area contributed by atoms with Gasteiger partial charge in [0.05, 0.1) is 5.75 Å². The Morgan fingerprint density at radius 1 is 1.21 bits per heavy atom. The molecule has 0 saturated carbocycles. The van der Waals surface area contributed by atoms with E-state index in [9.17, 15) is 4.79 Å². The third-order valence-corrected chi connectivity index (χ3v) is 4.34. The van der Waals surface area contributed by atoms with Gasteiger partial charge in [-0.1, -0.05) is 6.07 Å². The fourth-order valence-corrected chi connectivity index (χ4v) is 3.22. The Hall–Kier alpha value is -1.68. The van der Waals surface area contributed by atoms with Crippen LogP contribution in [-0.2, 0) is 18.6 Å². The lowest BCUT2D eigenvalue weighted by Crippen LogP contribution is -1.91. The van der Waals surface area contributed by atoms with Crippen LogP contribution in [0.5, 0.6) is 0 Å². The molecule has 0 amide bonds. The van der Waals surface area contributed by atoms with Crippen molar-refractivity contribution >= 4 is 17.7 Å². The molecule has 3 rings (SSSR count). The van der Waals surface area contributed by atoms with E-state index >= 15 is 0 Å². The number of aryl methyl sites for hydroxylation is 2. The quantitative estimate of drug-likeness (QED) is 0.862. The zero-order valence-corrected chi connectivity index (χ0v) is 11.2. The second kappa shape index (κ2) is 5.13. The molecule has 0 aliphatic heterocycles. The number of furan rings is 1. The average molecular weight is 274 g/mol. The first kappa shape index (κ1) is 12.4. The van der Waals surface area contributed by atoms with Crippen LogP contribution in [0.1, 0.15) is 33.9 Å². The van der Waals surface area contributed by atoms with E-state index in [1.54, 1.807) is 17.8 Å². The number of carboxylic acids is 1. The lowest BCUT2D eigenvalue weighted by Gasteiger charge is -2.03. The van der Waals surface area contributed by atoms with E-state index in [0.717, 1.165) is 0 Å². The van der Waals surface area contributed by atoms with Gasteiger partial charge in [0.2, 0.25) is 5.76 Å². The molecule has 98 valence electrons. The van der Waals surface area contributed by atoms with Crippen LogP contribution in [0.2, 0.25) is 0 Å². The summed E-state index contributed by atoms with van der Waals surface area (Å²) in [5.41, 5.74) is 2.92. The molecule has 1 N–H and O–H groups in total. The van der Waals surface area contributed by atoms with Crippen molar-refractivity contribution in [3.05, 3.63) is 53.0 Å². The van der Waals surface area contributed by atoms with Gasteiger partial charge in [-0.05, 0) is 54.7 Å². The molecule has 1 aromatic heterocycles. The predicted octanol–water partition coefficient (Wildman–Crippen LogP) is 3.76. The van der Waals surface area contributed by atoms with Gasteiger partial charge in [-0.25, -0.2) is 4.79 Å². The van der Waals surface area contributed by atoms with Crippen molar-refractivity contribution in [2.45, 2.75) is 29.9 Å². The second-order valence-corrected chi connectivity index (χ2v) is 5.69. The molecule has 3 nitrogen and oxygen atoms in total. The maximum absolute atomic E-state index is 10.7. The molecule has 1 aromatic carbocycles. The summed E-state index contributed by atoms with van der Waals surface area (Å²) < 4.78 is 5.24. The molecule has 0 atom stereocenters. The van der Waals surface area contributed by atoms with E-state index in [2.05, 4.69) is 18.2 Å². The lowest BCUT2D eigenvalue weighted by atomic mass is 10.1. The summed E-state index contributed by atoms with van der Waals surface area (Å²) in [4.78, 5) is 11.9. The Morgan fingerprint density at radius 3 is 2.84 bits per heavy atom. The normalized spacial score (nSPS) is 13.5. The smallest absolute Gasteiger partial charge is 0.371 e. The summed E-state index contributed by atoms with van der Waals surface area (Å²) in [6.45, 7) is 0. The number of rotatable bonds is 4. The van der Waals surface area contributed by atoms with Crippen LogP contribution in [0.15, 0.2) is 39.6 Å². The monoisotopic (exact) mass is 274 g/mol. The van der Waals surface area contributed by atoms with Crippen LogP contribution in [0.4, 0.5) is 0 Å². The molecular weight excluding hydrogens is 260 g/mol. The van der Waals surface area contributed by atoms with Crippen LogP contribution in [0.25, 0.3) is 0 Å². The number of aromatic carboxylic acids is 1. The zero-order valence-electron chi connectivity index (χ0n) is 10.4. The molecule has 0 saturated heterocycles. The first-order valence-corrected chi connectivity index (χ1v) is 7.27. The van der Waals surface area contributed by atoms with E-state index in [1.807, 2.05) is 0 Å². The number of fused-ring (bicyclic) bond motifs is 1. The predicted molar refractivity (Wildman–Crippen MR) is 73.7 cm³/mol. The summed E-state index contributed by atoms with van der Waals surface area (Å²) in [5.74, 6) is 0.340. The van der Waals surface area contributed by atoms with Crippen LogP contribution >= 0.6 is 11.8 Å². The van der Waals surface area contributed by atoms with E-state index in [1.165, 1.54) is 41.4 Å². The standard InChI is InChI=1S/C15H14O3S/c16-15(17)14-7-5-12(18-14)9-19-13-6-4-10-2-1-3-11(10)8-13/h4-8H,1-3,9H2,(H,16,17). The molecule has 19 heavy (non-hydrogen) atoms. The molecule has 0 radical (unpaired) electrons. The summed E-state index contributed by atoms with van der Waals surface area (Å²) in [6, 6.07) is 9.81. The third-order valence-electron chi connectivity index (χ3n) is 3.32. The van der Waals surface area contributed by atoms with E-state index in [-0.39, 0.29) is 5.76 Å². The van der Waals surface area contributed by atoms with Gasteiger partial charge >= 0.3 is 5.97 Å². The number of hydrogen-bond donors (Lipinski definition) is 1. The van der Waals surface area contributed by atoms with Crippen molar-refractivity contribution in [1.82, 2.24) is 0 Å². The Kier molecular flexibility index (Phi) is 3.34. The van der Waals surface area contributed by atoms with Gasteiger partial charge in [0.15, 0.2) is 0 Å². The molecule has 0 spiro atoms. The minimum atomic E-state index is -1.02. The van der Waals surface area contributed by atoms with Gasteiger partial charge in [0.25, 0.3) is 0 Å². The molecule has 1 heterocycles. The maximum atomic E-state index is 10.7. The van der Waals surface area contributed by atoms with Crippen LogP contribution < -0.4 is 0 Å². The molecular formula is C15H14O3S. The highest BCUT2D eigenvalue weighted by Crippen LogP contribution is 2.29. The van der Waals surface area contributed by atoms with Crippen molar-refractivity contribution in [3.8, 4) is 0 Å². The van der Waals surface area contributed by atoms with Gasteiger partial charge in [-0.15, -0.1) is 11.8 Å². The second-order valence-electron chi connectivity index (χ2n) is 4.64. The van der Waals surface area contributed by atoms with Gasteiger partial charge < -0.3 is 9.52 Å². The molecule has 1 aliphatic rings. The highest BCUT2D eigenvalue weighted by Gasteiger charge is 2.12. The first-order valence-electron chi connectivity index (χ1n) is 6.29. The molecule has 2 aromatic rings. The Bertz CT molecular complexity index is 616. The molecule has 0 bridgehead atoms.